The van der Waals surface area contributed by atoms with Gasteiger partial charge >= 0.3 is 5.97 Å². The molecular formula is C11H14O4. The highest BCUT2D eigenvalue weighted by molar-refractivity contribution is 5.65. The molecule has 0 aromatic heterocycles. The molecule has 82 valence electrons. The molecule has 1 aromatic rings. The van der Waals surface area contributed by atoms with Gasteiger partial charge in [-0.25, -0.2) is 0 Å². The topological polar surface area (TPSA) is 55.8 Å². The van der Waals surface area contributed by atoms with Gasteiger partial charge in [0.15, 0.2) is 0 Å². The molecule has 0 aliphatic carbocycles. The van der Waals surface area contributed by atoms with E-state index in [1.54, 1.807) is 12.1 Å². The molecule has 4 nitrogen and oxygen atoms in total. The van der Waals surface area contributed by atoms with Crippen LogP contribution in [0.15, 0.2) is 18.2 Å². The second kappa shape index (κ2) is 5.24. The molecule has 0 bridgehead atoms. The molecule has 1 aliphatic rings. The smallest absolute Gasteiger partial charge is 0.302 e. The Morgan fingerprint density at radius 3 is 2.80 bits per heavy atom. The van der Waals surface area contributed by atoms with E-state index in [1.807, 2.05) is 6.07 Å². The maximum absolute atomic E-state index is 9.59. The molecular weight excluding hydrogens is 196 g/mol. The number of esters is 1. The predicted molar refractivity (Wildman–Crippen MR) is 55.0 cm³/mol. The SMILES string of the molecule is COC(C)=O.Oc1ccc2c(c1)OCC2. The summed E-state index contributed by atoms with van der Waals surface area (Å²) in [5.74, 6) is 0.866. The lowest BCUT2D eigenvalue weighted by Crippen LogP contribution is -1.88. The summed E-state index contributed by atoms with van der Waals surface area (Å²) in [5, 5.41) is 9.02. The van der Waals surface area contributed by atoms with Crippen molar-refractivity contribution in [3.8, 4) is 11.5 Å². The third kappa shape index (κ3) is 3.50. The molecule has 1 aromatic carbocycles. The number of ether oxygens (including phenoxy) is 2. The van der Waals surface area contributed by atoms with Gasteiger partial charge in [0.25, 0.3) is 0 Å². The number of phenolic OH excluding ortho intramolecular Hbond substituents is 1. The van der Waals surface area contributed by atoms with Crippen LogP contribution in [0.5, 0.6) is 11.5 Å². The average molecular weight is 210 g/mol. The maximum Gasteiger partial charge on any atom is 0.302 e. The summed E-state index contributed by atoms with van der Waals surface area (Å²) in [7, 11) is 1.35. The molecule has 0 amide bonds. The molecule has 0 atom stereocenters. The van der Waals surface area contributed by atoms with Crippen molar-refractivity contribution in [2.75, 3.05) is 13.7 Å². The number of carbonyl (C=O) groups is 1. The van der Waals surface area contributed by atoms with Crippen LogP contribution in [0.4, 0.5) is 0 Å². The number of fused-ring (bicyclic) bond motifs is 1. The molecule has 4 heteroatoms. The van der Waals surface area contributed by atoms with Crippen molar-refractivity contribution in [3.05, 3.63) is 23.8 Å². The minimum Gasteiger partial charge on any atom is -0.508 e. The zero-order chi connectivity index (χ0) is 11.3. The monoisotopic (exact) mass is 210 g/mol. The summed E-state index contributed by atoms with van der Waals surface area (Å²) in [6.07, 6.45) is 0.968. The van der Waals surface area contributed by atoms with Gasteiger partial charge in [-0.3, -0.25) is 4.79 Å². The van der Waals surface area contributed by atoms with E-state index in [9.17, 15) is 4.79 Å². The molecule has 0 spiro atoms. The predicted octanol–water partition coefficient (Wildman–Crippen LogP) is 1.51. The van der Waals surface area contributed by atoms with Gasteiger partial charge in [0, 0.05) is 19.4 Å². The number of phenols is 1. The van der Waals surface area contributed by atoms with Crippen LogP contribution in [-0.2, 0) is 16.0 Å². The van der Waals surface area contributed by atoms with Gasteiger partial charge in [0.05, 0.1) is 13.7 Å². The lowest BCUT2D eigenvalue weighted by Gasteiger charge is -1.97. The number of hydrogen-bond acceptors (Lipinski definition) is 4. The van der Waals surface area contributed by atoms with Crippen molar-refractivity contribution >= 4 is 5.97 Å². The molecule has 0 radical (unpaired) electrons. The molecule has 0 fully saturated rings. The fourth-order valence-electron chi connectivity index (χ4n) is 1.16. The summed E-state index contributed by atoms with van der Waals surface area (Å²) >= 11 is 0. The highest BCUT2D eigenvalue weighted by Gasteiger charge is 2.10. The van der Waals surface area contributed by atoms with Crippen LogP contribution in [0, 0.1) is 0 Å². The quantitative estimate of drug-likeness (QED) is 0.659. The second-order valence-electron chi connectivity index (χ2n) is 3.09. The van der Waals surface area contributed by atoms with Gasteiger partial charge < -0.3 is 14.6 Å². The van der Waals surface area contributed by atoms with Crippen molar-refractivity contribution in [3.63, 3.8) is 0 Å². The molecule has 0 saturated heterocycles. The molecule has 2 rings (SSSR count). The van der Waals surface area contributed by atoms with Crippen LogP contribution in [0.2, 0.25) is 0 Å². The minimum absolute atomic E-state index is 0.245. The van der Waals surface area contributed by atoms with E-state index in [4.69, 9.17) is 9.84 Å². The molecule has 1 aliphatic heterocycles. The van der Waals surface area contributed by atoms with Crippen molar-refractivity contribution < 1.29 is 19.4 Å². The number of aromatic hydroxyl groups is 1. The normalized spacial score (nSPS) is 11.9. The Balaban J connectivity index is 0.000000195. The van der Waals surface area contributed by atoms with Crippen molar-refractivity contribution in [1.29, 1.82) is 0 Å². The van der Waals surface area contributed by atoms with Crippen LogP contribution in [0.1, 0.15) is 12.5 Å². The highest BCUT2D eigenvalue weighted by Crippen LogP contribution is 2.28. The van der Waals surface area contributed by atoms with Crippen LogP contribution in [-0.4, -0.2) is 24.8 Å². The fraction of sp³-hybridized carbons (Fsp3) is 0.364. The summed E-state index contributed by atoms with van der Waals surface area (Å²) in [5.41, 5.74) is 1.19. The van der Waals surface area contributed by atoms with Crippen LogP contribution < -0.4 is 4.74 Å². The van der Waals surface area contributed by atoms with E-state index >= 15 is 0 Å². The lowest BCUT2D eigenvalue weighted by molar-refractivity contribution is -0.137. The van der Waals surface area contributed by atoms with Crippen LogP contribution in [0.3, 0.4) is 0 Å². The molecule has 0 unspecified atom stereocenters. The Labute approximate surface area is 88.4 Å². The summed E-state index contributed by atoms with van der Waals surface area (Å²) in [6, 6.07) is 5.24. The number of methoxy groups -OCH3 is 1. The van der Waals surface area contributed by atoms with E-state index in [1.165, 1.54) is 19.6 Å². The first-order valence-electron chi connectivity index (χ1n) is 4.62. The Kier molecular flexibility index (Phi) is 3.97. The average Bonchev–Trinajstić information content (AvgIpc) is 2.65. The number of carbonyl (C=O) groups excluding carboxylic acids is 1. The highest BCUT2D eigenvalue weighted by atomic mass is 16.5. The van der Waals surface area contributed by atoms with Gasteiger partial charge in [0.2, 0.25) is 0 Å². The Hall–Kier alpha value is -1.71. The molecule has 1 heterocycles. The van der Waals surface area contributed by atoms with Crippen LogP contribution in [0.25, 0.3) is 0 Å². The van der Waals surface area contributed by atoms with E-state index in [2.05, 4.69) is 4.74 Å². The third-order valence-electron chi connectivity index (χ3n) is 1.97. The zero-order valence-corrected chi connectivity index (χ0v) is 8.82. The minimum atomic E-state index is -0.245. The largest absolute Gasteiger partial charge is 0.508 e. The Morgan fingerprint density at radius 2 is 2.20 bits per heavy atom. The van der Waals surface area contributed by atoms with E-state index < -0.39 is 0 Å². The van der Waals surface area contributed by atoms with Gasteiger partial charge in [-0.1, -0.05) is 6.07 Å². The zero-order valence-electron chi connectivity index (χ0n) is 8.82. The molecule has 0 saturated carbocycles. The molecule has 15 heavy (non-hydrogen) atoms. The van der Waals surface area contributed by atoms with E-state index in [-0.39, 0.29) is 11.7 Å². The lowest BCUT2D eigenvalue weighted by atomic mass is 10.2. The second-order valence-corrected chi connectivity index (χ2v) is 3.09. The Bertz CT molecular complexity index is 346. The van der Waals surface area contributed by atoms with Gasteiger partial charge in [-0.05, 0) is 11.6 Å². The summed E-state index contributed by atoms with van der Waals surface area (Å²) in [4.78, 5) is 9.59. The van der Waals surface area contributed by atoms with E-state index in [0.29, 0.717) is 0 Å². The number of hydrogen-bond donors (Lipinski definition) is 1. The van der Waals surface area contributed by atoms with Gasteiger partial charge in [-0.2, -0.15) is 0 Å². The first-order chi connectivity index (χ1) is 7.13. The van der Waals surface area contributed by atoms with Gasteiger partial charge in [-0.15, -0.1) is 0 Å². The number of benzene rings is 1. The molecule has 1 N–H and O–H groups in total. The van der Waals surface area contributed by atoms with Crippen LogP contribution >= 0.6 is 0 Å². The first-order valence-corrected chi connectivity index (χ1v) is 4.62. The van der Waals surface area contributed by atoms with E-state index in [0.717, 1.165) is 18.8 Å². The van der Waals surface area contributed by atoms with Crippen molar-refractivity contribution in [2.24, 2.45) is 0 Å². The maximum atomic E-state index is 9.59. The first kappa shape index (κ1) is 11.4. The third-order valence-corrected chi connectivity index (χ3v) is 1.97. The standard InChI is InChI=1S/C8H8O2.C3H6O2/c9-7-2-1-6-3-4-10-8(6)5-7;1-3(4)5-2/h1-2,5,9H,3-4H2;1-2H3. The summed E-state index contributed by atoms with van der Waals surface area (Å²) < 4.78 is 9.33. The van der Waals surface area contributed by atoms with Crippen molar-refractivity contribution in [2.45, 2.75) is 13.3 Å². The fourth-order valence-corrected chi connectivity index (χ4v) is 1.16. The van der Waals surface area contributed by atoms with Crippen molar-refractivity contribution in [1.82, 2.24) is 0 Å². The Morgan fingerprint density at radius 1 is 1.53 bits per heavy atom. The van der Waals surface area contributed by atoms with Gasteiger partial charge in [0.1, 0.15) is 11.5 Å². The number of rotatable bonds is 0. The summed E-state index contributed by atoms with van der Waals surface area (Å²) in [6.45, 7) is 2.11.